The molecule has 0 spiro atoms. The van der Waals surface area contributed by atoms with Gasteiger partial charge in [0.15, 0.2) is 0 Å². The van der Waals surface area contributed by atoms with Gasteiger partial charge in [0.2, 0.25) is 12.1 Å². The quantitative estimate of drug-likeness (QED) is 0.842. The van der Waals surface area contributed by atoms with Gasteiger partial charge < -0.3 is 24.1 Å². The Morgan fingerprint density at radius 2 is 1.91 bits per heavy atom. The van der Waals surface area contributed by atoms with Gasteiger partial charge in [0.1, 0.15) is 5.60 Å². The Morgan fingerprint density at radius 3 is 2.55 bits per heavy atom. The molecule has 6 nitrogen and oxygen atoms in total. The molecule has 128 valence electrons. The van der Waals surface area contributed by atoms with Gasteiger partial charge in [-0.3, -0.25) is 4.79 Å². The highest BCUT2D eigenvalue weighted by Gasteiger charge is 2.57. The van der Waals surface area contributed by atoms with Crippen LogP contribution in [0, 0.1) is 5.92 Å². The Kier molecular flexibility index (Phi) is 6.35. The fourth-order valence-corrected chi connectivity index (χ4v) is 3.70. The van der Waals surface area contributed by atoms with Crippen molar-refractivity contribution in [3.8, 4) is 0 Å². The number of Topliss-reactive ketones (excluding diaryl/α,β-unsaturated/α-hetero) is 1. The second-order valence-corrected chi connectivity index (χ2v) is 6.25. The molecule has 1 aliphatic heterocycles. The third kappa shape index (κ3) is 3.36. The lowest BCUT2D eigenvalue weighted by Crippen LogP contribution is -2.65. The van der Waals surface area contributed by atoms with Crippen LogP contribution in [-0.4, -0.2) is 62.9 Å². The van der Waals surface area contributed by atoms with Gasteiger partial charge in [0, 0.05) is 27.2 Å². The first-order valence-corrected chi connectivity index (χ1v) is 8.05. The summed E-state index contributed by atoms with van der Waals surface area (Å²) in [5, 5.41) is 11.2. The van der Waals surface area contributed by atoms with Crippen molar-refractivity contribution in [2.24, 2.45) is 5.92 Å². The zero-order valence-electron chi connectivity index (χ0n) is 13.7. The maximum atomic E-state index is 12.6. The Morgan fingerprint density at radius 1 is 1.18 bits per heavy atom. The molecule has 1 saturated carbocycles. The minimum absolute atomic E-state index is 0.185. The van der Waals surface area contributed by atoms with E-state index in [0.29, 0.717) is 6.42 Å². The first-order chi connectivity index (χ1) is 10.6. The second-order valence-electron chi connectivity index (χ2n) is 6.25. The molecule has 22 heavy (non-hydrogen) atoms. The van der Waals surface area contributed by atoms with Gasteiger partial charge in [-0.25, -0.2) is 0 Å². The lowest BCUT2D eigenvalue weighted by molar-refractivity contribution is -0.260. The molecule has 0 aromatic carbocycles. The maximum Gasteiger partial charge on any atom is 0.221 e. The summed E-state index contributed by atoms with van der Waals surface area (Å²) in [6.45, 7) is 0.253. The van der Waals surface area contributed by atoms with E-state index >= 15 is 0 Å². The monoisotopic (exact) mass is 316 g/mol. The van der Waals surface area contributed by atoms with Crippen molar-refractivity contribution < 1.29 is 28.8 Å². The highest BCUT2D eigenvalue weighted by Crippen LogP contribution is 2.39. The summed E-state index contributed by atoms with van der Waals surface area (Å²) in [6.07, 6.45) is 3.52. The highest BCUT2D eigenvalue weighted by molar-refractivity contribution is 5.91. The minimum atomic E-state index is -1.48. The van der Waals surface area contributed by atoms with E-state index in [2.05, 4.69) is 0 Å². The van der Waals surface area contributed by atoms with Crippen molar-refractivity contribution in [1.29, 1.82) is 0 Å². The molecule has 2 fully saturated rings. The summed E-state index contributed by atoms with van der Waals surface area (Å²) >= 11 is 0. The lowest BCUT2D eigenvalue weighted by atomic mass is 9.72. The molecule has 0 unspecified atom stereocenters. The number of ketones is 1. The molecule has 0 radical (unpaired) electrons. The SMILES string of the molecule is COC[C@H]1[C@H]2O[C@H](OC)C(=O)[C@]1(O)CCCCCC[C@H]2OC. The van der Waals surface area contributed by atoms with Crippen molar-refractivity contribution in [2.75, 3.05) is 27.9 Å². The fraction of sp³-hybridized carbons (Fsp3) is 0.938. The molecule has 1 N–H and O–H groups in total. The van der Waals surface area contributed by atoms with Crippen LogP contribution >= 0.6 is 0 Å². The normalized spacial score (nSPS) is 40.5. The first kappa shape index (κ1) is 17.8. The second kappa shape index (κ2) is 7.84. The number of ether oxygens (including phenoxy) is 4. The molecule has 6 heteroatoms. The summed E-state index contributed by atoms with van der Waals surface area (Å²) in [5.74, 6) is -0.844. The van der Waals surface area contributed by atoms with Gasteiger partial charge in [0.05, 0.1) is 18.8 Å². The molecule has 5 atom stereocenters. The van der Waals surface area contributed by atoms with Crippen molar-refractivity contribution in [1.82, 2.24) is 0 Å². The van der Waals surface area contributed by atoms with E-state index in [4.69, 9.17) is 18.9 Å². The third-order valence-electron chi connectivity index (χ3n) is 4.96. The van der Waals surface area contributed by atoms with Crippen molar-refractivity contribution >= 4 is 5.78 Å². The molecular weight excluding hydrogens is 288 g/mol. The van der Waals surface area contributed by atoms with Crippen LogP contribution in [0.1, 0.15) is 38.5 Å². The zero-order valence-corrected chi connectivity index (χ0v) is 13.7. The van der Waals surface area contributed by atoms with Gasteiger partial charge in [0.25, 0.3) is 0 Å². The number of aliphatic hydroxyl groups is 1. The molecule has 0 aromatic heterocycles. The number of hydrogen-bond acceptors (Lipinski definition) is 6. The molecule has 2 bridgehead atoms. The molecule has 2 rings (SSSR count). The maximum absolute atomic E-state index is 12.6. The van der Waals surface area contributed by atoms with E-state index in [1.54, 1.807) is 14.2 Å². The van der Waals surface area contributed by atoms with Gasteiger partial charge in [-0.05, 0) is 12.8 Å². The summed E-state index contributed by atoms with van der Waals surface area (Å²) in [4.78, 5) is 12.6. The van der Waals surface area contributed by atoms with Crippen LogP contribution in [0.4, 0.5) is 0 Å². The molecule has 1 aliphatic carbocycles. The number of methoxy groups -OCH3 is 3. The standard InChI is InChI=1S/C16H28O6/c1-19-10-11-13-12(20-2)8-6-4-5-7-9-16(11,18)14(17)15(21-3)22-13/h11-13,15,18H,4-10H2,1-3H3/t11-,12+,13+,15-,16-/m0/s1. The van der Waals surface area contributed by atoms with Gasteiger partial charge in [-0.1, -0.05) is 25.7 Å². The molecule has 1 heterocycles. The third-order valence-corrected chi connectivity index (χ3v) is 4.96. The van der Waals surface area contributed by atoms with Crippen LogP contribution in [-0.2, 0) is 23.7 Å². The average Bonchev–Trinajstić information content (AvgIpc) is 2.52. The van der Waals surface area contributed by atoms with Crippen LogP contribution in [0.15, 0.2) is 0 Å². The number of carbonyl (C=O) groups is 1. The smallest absolute Gasteiger partial charge is 0.221 e. The summed E-state index contributed by atoms with van der Waals surface area (Å²) in [5.41, 5.74) is -1.48. The number of carbonyl (C=O) groups excluding carboxylic acids is 1. The van der Waals surface area contributed by atoms with E-state index in [1.807, 2.05) is 0 Å². The Balaban J connectivity index is 2.38. The van der Waals surface area contributed by atoms with E-state index in [1.165, 1.54) is 7.11 Å². The summed E-state index contributed by atoms with van der Waals surface area (Å²) in [7, 11) is 4.63. The lowest BCUT2D eigenvalue weighted by Gasteiger charge is -2.48. The van der Waals surface area contributed by atoms with Crippen LogP contribution in [0.25, 0.3) is 0 Å². The number of hydrogen-bond donors (Lipinski definition) is 1. The van der Waals surface area contributed by atoms with E-state index in [-0.39, 0.29) is 12.7 Å². The van der Waals surface area contributed by atoms with Gasteiger partial charge >= 0.3 is 0 Å². The topological polar surface area (TPSA) is 74.2 Å². The molecular formula is C16H28O6. The summed E-state index contributed by atoms with van der Waals surface area (Å²) in [6, 6.07) is 0. The molecule has 1 saturated heterocycles. The van der Waals surface area contributed by atoms with Crippen LogP contribution < -0.4 is 0 Å². The minimum Gasteiger partial charge on any atom is -0.384 e. The Bertz CT molecular complexity index is 374. The molecule has 0 aromatic rings. The van der Waals surface area contributed by atoms with Crippen LogP contribution in [0.5, 0.6) is 0 Å². The van der Waals surface area contributed by atoms with Crippen LogP contribution in [0.3, 0.4) is 0 Å². The van der Waals surface area contributed by atoms with Gasteiger partial charge in [-0.15, -0.1) is 0 Å². The Hall–Kier alpha value is -0.530. The zero-order chi connectivity index (χ0) is 16.2. The van der Waals surface area contributed by atoms with E-state index < -0.39 is 29.7 Å². The van der Waals surface area contributed by atoms with Crippen molar-refractivity contribution in [2.45, 2.75) is 62.6 Å². The van der Waals surface area contributed by atoms with E-state index in [9.17, 15) is 9.90 Å². The highest BCUT2D eigenvalue weighted by atomic mass is 16.7. The predicted molar refractivity (Wildman–Crippen MR) is 79.5 cm³/mol. The first-order valence-electron chi connectivity index (χ1n) is 8.05. The van der Waals surface area contributed by atoms with Gasteiger partial charge in [-0.2, -0.15) is 0 Å². The Labute approximate surface area is 132 Å². The molecule has 0 amide bonds. The fourth-order valence-electron chi connectivity index (χ4n) is 3.70. The van der Waals surface area contributed by atoms with E-state index in [0.717, 1.165) is 32.1 Å². The predicted octanol–water partition coefficient (Wildman–Crippen LogP) is 1.29. The van der Waals surface area contributed by atoms with Crippen LogP contribution in [0.2, 0.25) is 0 Å². The number of rotatable bonds is 4. The average molecular weight is 316 g/mol. The summed E-state index contributed by atoms with van der Waals surface area (Å²) < 4.78 is 21.9. The van der Waals surface area contributed by atoms with Crippen molar-refractivity contribution in [3.63, 3.8) is 0 Å². The largest absolute Gasteiger partial charge is 0.384 e. The molecule has 2 aliphatic rings. The number of fused-ring (bicyclic) bond motifs is 2. The van der Waals surface area contributed by atoms with Crippen molar-refractivity contribution in [3.05, 3.63) is 0 Å².